The Kier molecular flexibility index (Phi) is 6.34. The van der Waals surface area contributed by atoms with Gasteiger partial charge in [-0.05, 0) is 0 Å². The Bertz CT molecular complexity index is 1820. The predicted octanol–water partition coefficient (Wildman–Crippen LogP) is 5.78. The van der Waals surface area contributed by atoms with Crippen molar-refractivity contribution in [2.75, 3.05) is 0 Å². The summed E-state index contributed by atoms with van der Waals surface area (Å²) < 4.78 is 53.0. The van der Waals surface area contributed by atoms with Crippen LogP contribution in [0.25, 0.3) is 33.3 Å². The minimum atomic E-state index is -4.62. The van der Waals surface area contributed by atoms with Gasteiger partial charge in [0.05, 0.1) is 0 Å². The molecule has 1 aromatic carbocycles. The molecule has 0 aliphatic carbocycles. The van der Waals surface area contributed by atoms with E-state index in [9.17, 15) is 18.0 Å². The molecule has 5 rings (SSSR count). The molecule has 4 heterocycles. The third kappa shape index (κ3) is 4.36. The van der Waals surface area contributed by atoms with E-state index in [4.69, 9.17) is 4.74 Å². The topological polar surface area (TPSA) is 69.8 Å². The minimum absolute atomic E-state index is 0.132. The Morgan fingerprint density at radius 3 is 2.32 bits per heavy atom. The van der Waals surface area contributed by atoms with Gasteiger partial charge >= 0.3 is 227 Å². The van der Waals surface area contributed by atoms with E-state index in [0.29, 0.717) is 22.3 Å². The molecule has 0 saturated carbocycles. The zero-order valence-corrected chi connectivity index (χ0v) is 23.3. The van der Waals surface area contributed by atoms with Gasteiger partial charge in [0, 0.05) is 0 Å². The summed E-state index contributed by atoms with van der Waals surface area (Å²) in [6.45, 7) is 3.93. The zero-order valence-electron chi connectivity index (χ0n) is 21.3. The number of fused-ring (bicyclic) bond motifs is 1. The fraction of sp³-hybridized carbons (Fsp3) is 0.222. The summed E-state index contributed by atoms with van der Waals surface area (Å²) in [7, 11) is 4.76. The van der Waals surface area contributed by atoms with Crippen LogP contribution in [0.2, 0.25) is 0 Å². The van der Waals surface area contributed by atoms with Gasteiger partial charge in [-0.2, -0.15) is 0 Å². The van der Waals surface area contributed by atoms with Gasteiger partial charge in [0.15, 0.2) is 0 Å². The van der Waals surface area contributed by atoms with Crippen LogP contribution in [0.5, 0.6) is 11.5 Å². The maximum absolute atomic E-state index is 13.8. The van der Waals surface area contributed by atoms with Crippen LogP contribution >= 0.6 is 0 Å². The molecule has 0 radical (unpaired) electrons. The van der Waals surface area contributed by atoms with Gasteiger partial charge in [-0.15, -0.1) is 0 Å². The number of aromatic amines is 1. The molecule has 0 fully saturated rings. The van der Waals surface area contributed by atoms with Crippen molar-refractivity contribution >= 4 is 10.9 Å². The van der Waals surface area contributed by atoms with Gasteiger partial charge in [0.1, 0.15) is 0 Å². The summed E-state index contributed by atoms with van der Waals surface area (Å²) >= 11 is 1.86. The standard InChI is InChI=1S/C27H24F3N5O2.Mo/c1-15-7-6-8-16(2)24(15)37-22-14-33(3)10-9-17(22)20-13-34(4)26(36)23-18(20)11-21(32-23)19-12-31-35(5)25(19)27(28,29)30;/h6-9,11-14,32H,1-5H3;. The Morgan fingerprint density at radius 1 is 0.974 bits per heavy atom. The van der Waals surface area contributed by atoms with Crippen LogP contribution in [-0.4, -0.2) is 23.9 Å². The molecule has 7 nitrogen and oxygen atoms in total. The van der Waals surface area contributed by atoms with Gasteiger partial charge in [0.25, 0.3) is 0 Å². The SMILES string of the molecule is Cc1cccc(C)c1Oc1cn(C)[c](=[Mo])cc1-c1cn(C)c(=O)c2[nH]c(-c3cnn(C)c3C(F)(F)F)cc12. The molecule has 11 heteroatoms. The average Bonchev–Trinajstić information content (AvgIpc) is 3.45. The number of pyridine rings is 2. The molecule has 0 bridgehead atoms. The molecular formula is C27H24F3MoN5O2. The Hall–Kier alpha value is -3.65. The van der Waals surface area contributed by atoms with E-state index in [2.05, 4.69) is 10.1 Å². The zero-order chi connectivity index (χ0) is 27.5. The van der Waals surface area contributed by atoms with Gasteiger partial charge in [-0.3, -0.25) is 0 Å². The van der Waals surface area contributed by atoms with E-state index in [1.165, 1.54) is 11.6 Å². The van der Waals surface area contributed by atoms with Crippen molar-refractivity contribution in [1.82, 2.24) is 23.9 Å². The molecule has 4 aromatic heterocycles. The molecule has 0 atom stereocenters. The molecule has 0 saturated heterocycles. The molecule has 0 amide bonds. The Balaban J connectivity index is 1.78. The van der Waals surface area contributed by atoms with Gasteiger partial charge in [-0.25, -0.2) is 0 Å². The molecule has 0 aliphatic rings. The number of nitrogens with zero attached hydrogens (tertiary/aromatic N) is 4. The number of hydrogen-bond acceptors (Lipinski definition) is 3. The van der Waals surface area contributed by atoms with Crippen molar-refractivity contribution in [2.45, 2.75) is 20.0 Å². The Morgan fingerprint density at radius 2 is 1.66 bits per heavy atom. The molecule has 196 valence electrons. The second-order valence-corrected chi connectivity index (χ2v) is 10.3. The third-order valence-corrected chi connectivity index (χ3v) is 7.56. The quantitative estimate of drug-likeness (QED) is 0.265. The number of aromatic nitrogens is 5. The van der Waals surface area contributed by atoms with E-state index >= 15 is 0 Å². The molecule has 0 unspecified atom stereocenters. The third-order valence-electron chi connectivity index (χ3n) is 6.57. The number of hydrogen-bond donors (Lipinski definition) is 1. The van der Waals surface area contributed by atoms with Crippen LogP contribution in [0.15, 0.2) is 53.7 Å². The van der Waals surface area contributed by atoms with Crippen LogP contribution in [0.3, 0.4) is 0 Å². The first-order valence-electron chi connectivity index (χ1n) is 11.6. The number of alkyl halides is 3. The van der Waals surface area contributed by atoms with E-state index in [-0.39, 0.29) is 22.3 Å². The Labute approximate surface area is 226 Å². The van der Waals surface area contributed by atoms with Crippen LogP contribution in [0, 0.1) is 17.5 Å². The number of ether oxygens (including phenoxy) is 1. The van der Waals surface area contributed by atoms with Crippen LogP contribution in [-0.2, 0) is 46.7 Å². The first kappa shape index (κ1) is 26.0. The van der Waals surface area contributed by atoms with Gasteiger partial charge in [-0.1, -0.05) is 0 Å². The predicted molar refractivity (Wildman–Crippen MR) is 134 cm³/mol. The summed E-state index contributed by atoms with van der Waals surface area (Å²) in [5, 5.41) is 4.31. The first-order chi connectivity index (χ1) is 17.9. The van der Waals surface area contributed by atoms with Crippen molar-refractivity contribution in [3.8, 4) is 33.9 Å². The van der Waals surface area contributed by atoms with E-state index in [1.807, 2.05) is 75.3 Å². The number of nitrogens with one attached hydrogen (secondary N) is 1. The van der Waals surface area contributed by atoms with Crippen LogP contribution in [0.1, 0.15) is 16.8 Å². The summed E-state index contributed by atoms with van der Waals surface area (Å²) in [6.07, 6.45) is 0.0834. The van der Waals surface area contributed by atoms with Crippen molar-refractivity contribution in [3.63, 3.8) is 0 Å². The number of aryl methyl sites for hydroxylation is 5. The fourth-order valence-electron chi connectivity index (χ4n) is 4.63. The van der Waals surface area contributed by atoms with Crippen LogP contribution in [0.4, 0.5) is 13.2 Å². The summed E-state index contributed by atoms with van der Waals surface area (Å²) in [6, 6.07) is 9.41. The van der Waals surface area contributed by atoms with E-state index in [1.54, 1.807) is 19.3 Å². The van der Waals surface area contributed by atoms with E-state index < -0.39 is 11.9 Å². The van der Waals surface area contributed by atoms with Gasteiger partial charge < -0.3 is 0 Å². The van der Waals surface area contributed by atoms with Gasteiger partial charge in [0.2, 0.25) is 0 Å². The second-order valence-electron chi connectivity index (χ2n) is 9.28. The normalized spacial score (nSPS) is 11.9. The molecule has 38 heavy (non-hydrogen) atoms. The summed E-state index contributed by atoms with van der Waals surface area (Å²) in [5.41, 5.74) is 2.24. The first-order valence-corrected chi connectivity index (χ1v) is 12.6. The number of rotatable bonds is 4. The van der Waals surface area contributed by atoms with Crippen molar-refractivity contribution in [2.24, 2.45) is 21.1 Å². The fourth-order valence-corrected chi connectivity index (χ4v) is 5.05. The van der Waals surface area contributed by atoms with Crippen molar-refractivity contribution < 1.29 is 37.3 Å². The molecule has 1 N–H and O–H groups in total. The molecular weight excluding hydrogens is 579 g/mol. The number of benzene rings is 1. The number of H-pyrrole nitrogens is 1. The molecule has 0 spiro atoms. The maximum atomic E-state index is 13.8. The molecule has 5 aromatic rings. The second kappa shape index (κ2) is 9.27. The van der Waals surface area contributed by atoms with Crippen molar-refractivity contribution in [3.05, 3.63) is 79.8 Å². The van der Waals surface area contributed by atoms with Crippen molar-refractivity contribution in [1.29, 1.82) is 0 Å². The number of para-hydroxylation sites is 1. The van der Waals surface area contributed by atoms with E-state index in [0.717, 1.165) is 31.4 Å². The average molecular weight is 603 g/mol. The summed E-state index contributed by atoms with van der Waals surface area (Å²) in [4.78, 5) is 16.0. The van der Waals surface area contributed by atoms with Crippen LogP contribution < -0.4 is 10.3 Å². The molecule has 0 aliphatic heterocycles. The summed E-state index contributed by atoms with van der Waals surface area (Å²) in [5.74, 6) is 1.27. The monoisotopic (exact) mass is 605 g/mol. The number of halogens is 3.